The van der Waals surface area contributed by atoms with Gasteiger partial charge in [-0.15, -0.1) is 0 Å². The van der Waals surface area contributed by atoms with Crippen molar-refractivity contribution in [3.8, 4) is 0 Å². The van der Waals surface area contributed by atoms with Crippen molar-refractivity contribution in [2.45, 2.75) is 25.0 Å². The molecule has 2 unspecified atom stereocenters. The zero-order valence-electron chi connectivity index (χ0n) is 6.99. The molecule has 0 aromatic rings. The van der Waals surface area contributed by atoms with Crippen molar-refractivity contribution in [3.05, 3.63) is 0 Å². The summed E-state index contributed by atoms with van der Waals surface area (Å²) in [6.45, 7) is 2.99. The number of halogens is 2. The van der Waals surface area contributed by atoms with E-state index in [1.807, 2.05) is 0 Å². The second kappa shape index (κ2) is 5.43. The second-order valence-corrected chi connectivity index (χ2v) is 4.84. The molecule has 0 aromatic carbocycles. The predicted octanol–water partition coefficient (Wildman–Crippen LogP) is 2.94. The third-order valence-corrected chi connectivity index (χ3v) is 2.80. The van der Waals surface area contributed by atoms with Gasteiger partial charge in [0.15, 0.2) is 0 Å². The number of hydrogen-bond donors (Lipinski definition) is 0. The summed E-state index contributed by atoms with van der Waals surface area (Å²) in [4.78, 5) is 0. The molecular weight excluding hydrogens is 226 g/mol. The molecule has 0 bridgehead atoms. The fourth-order valence-electron chi connectivity index (χ4n) is 0.467. The van der Waals surface area contributed by atoms with Crippen LogP contribution in [-0.4, -0.2) is 18.2 Å². The first-order chi connectivity index (χ1) is 5.39. The van der Waals surface area contributed by atoms with Crippen molar-refractivity contribution in [2.24, 2.45) is 0 Å². The second-order valence-electron chi connectivity index (χ2n) is 1.93. The van der Waals surface area contributed by atoms with Crippen molar-refractivity contribution in [3.63, 3.8) is 0 Å². The van der Waals surface area contributed by atoms with Crippen LogP contribution < -0.4 is 0 Å². The van der Waals surface area contributed by atoms with Gasteiger partial charge < -0.3 is 0 Å². The molecule has 2 atom stereocenters. The lowest BCUT2D eigenvalue weighted by molar-refractivity contribution is 0.119. The van der Waals surface area contributed by atoms with Crippen LogP contribution in [-0.2, 0) is 18.1 Å². The molecule has 7 heteroatoms. The standard InChI is InChI=1S/C5H11Cl2O4P/c1-4(6)10-12(8,9-3)11-5(2)7/h4-5H,1-3H3. The Kier molecular flexibility index (Phi) is 5.74. The number of phosphoric acid groups is 1. The smallest absolute Gasteiger partial charge is 0.290 e. The molecule has 0 aliphatic rings. The van der Waals surface area contributed by atoms with E-state index < -0.39 is 18.9 Å². The molecule has 0 fully saturated rings. The van der Waals surface area contributed by atoms with Crippen LogP contribution in [0.1, 0.15) is 13.8 Å². The van der Waals surface area contributed by atoms with Crippen molar-refractivity contribution < 1.29 is 18.1 Å². The van der Waals surface area contributed by atoms with Crippen LogP contribution in [0.2, 0.25) is 0 Å². The summed E-state index contributed by atoms with van der Waals surface area (Å²) in [6, 6.07) is 0. The molecule has 0 N–H and O–H groups in total. The third kappa shape index (κ3) is 5.36. The molecule has 0 amide bonds. The molecule has 0 aliphatic carbocycles. The summed E-state index contributed by atoms with van der Waals surface area (Å²) < 4.78 is 25.2. The molecule has 74 valence electrons. The lowest BCUT2D eigenvalue weighted by atomic mass is 10.9. The van der Waals surface area contributed by atoms with E-state index in [1.54, 1.807) is 0 Å². The van der Waals surface area contributed by atoms with Crippen LogP contribution in [0.3, 0.4) is 0 Å². The quantitative estimate of drug-likeness (QED) is 0.544. The SMILES string of the molecule is COP(=O)(OC(C)Cl)OC(C)Cl. The van der Waals surface area contributed by atoms with E-state index >= 15 is 0 Å². The van der Waals surface area contributed by atoms with Crippen molar-refractivity contribution in [1.29, 1.82) is 0 Å². The Bertz CT molecular complexity index is 159. The first kappa shape index (κ1) is 12.7. The average molecular weight is 237 g/mol. The van der Waals surface area contributed by atoms with Gasteiger partial charge in [-0.05, 0) is 13.8 Å². The monoisotopic (exact) mass is 236 g/mol. The first-order valence-electron chi connectivity index (χ1n) is 3.20. The molecule has 0 heterocycles. The lowest BCUT2D eigenvalue weighted by Crippen LogP contribution is -2.05. The maximum atomic E-state index is 11.4. The predicted molar refractivity (Wildman–Crippen MR) is 47.4 cm³/mol. The van der Waals surface area contributed by atoms with E-state index in [0.717, 1.165) is 0 Å². The molecular formula is C5H11Cl2O4P. The molecule has 12 heavy (non-hydrogen) atoms. The molecule has 0 radical (unpaired) electrons. The summed E-state index contributed by atoms with van der Waals surface area (Å²) in [5.74, 6) is 0. The van der Waals surface area contributed by atoms with Gasteiger partial charge in [0.05, 0.1) is 0 Å². The van der Waals surface area contributed by atoms with Gasteiger partial charge in [-0.3, -0.25) is 13.6 Å². The first-order valence-corrected chi connectivity index (χ1v) is 5.53. The number of hydrogen-bond acceptors (Lipinski definition) is 4. The van der Waals surface area contributed by atoms with Crippen LogP contribution in [0, 0.1) is 0 Å². The van der Waals surface area contributed by atoms with Gasteiger partial charge in [-0.1, -0.05) is 23.2 Å². The van der Waals surface area contributed by atoms with E-state index in [4.69, 9.17) is 23.2 Å². The van der Waals surface area contributed by atoms with Crippen molar-refractivity contribution >= 4 is 31.0 Å². The zero-order chi connectivity index (χ0) is 9.78. The summed E-state index contributed by atoms with van der Waals surface area (Å²) in [7, 11) is -2.38. The fourth-order valence-corrected chi connectivity index (χ4v) is 1.99. The summed E-state index contributed by atoms with van der Waals surface area (Å²) in [6.07, 6.45) is 0. The van der Waals surface area contributed by atoms with E-state index in [2.05, 4.69) is 13.6 Å². The van der Waals surface area contributed by atoms with Crippen LogP contribution in [0.5, 0.6) is 0 Å². The largest absolute Gasteiger partial charge is 0.477 e. The van der Waals surface area contributed by atoms with Crippen molar-refractivity contribution in [1.82, 2.24) is 0 Å². The highest BCUT2D eigenvalue weighted by atomic mass is 35.5. The lowest BCUT2D eigenvalue weighted by Gasteiger charge is -2.17. The maximum absolute atomic E-state index is 11.4. The Morgan fingerprint density at radius 1 is 1.17 bits per heavy atom. The van der Waals surface area contributed by atoms with E-state index in [1.165, 1.54) is 21.0 Å². The average Bonchev–Trinajstić information content (AvgIpc) is 1.83. The highest BCUT2D eigenvalue weighted by Crippen LogP contribution is 2.51. The summed E-state index contributed by atoms with van der Waals surface area (Å²) >= 11 is 10.9. The molecule has 0 aromatic heterocycles. The number of alkyl halides is 2. The topological polar surface area (TPSA) is 44.8 Å². The van der Waals surface area contributed by atoms with Crippen LogP contribution in [0.25, 0.3) is 0 Å². The van der Waals surface area contributed by atoms with E-state index in [0.29, 0.717) is 0 Å². The van der Waals surface area contributed by atoms with Gasteiger partial charge in [-0.25, -0.2) is 4.57 Å². The molecule has 0 saturated carbocycles. The molecule has 0 aliphatic heterocycles. The zero-order valence-corrected chi connectivity index (χ0v) is 9.40. The Balaban J connectivity index is 4.15. The minimum Gasteiger partial charge on any atom is -0.290 e. The molecule has 0 saturated heterocycles. The third-order valence-electron chi connectivity index (χ3n) is 0.772. The van der Waals surface area contributed by atoms with Crippen LogP contribution in [0.15, 0.2) is 0 Å². The van der Waals surface area contributed by atoms with Gasteiger partial charge in [0.2, 0.25) is 0 Å². The van der Waals surface area contributed by atoms with Crippen molar-refractivity contribution in [2.75, 3.05) is 7.11 Å². The van der Waals surface area contributed by atoms with Gasteiger partial charge in [0.25, 0.3) is 0 Å². The van der Waals surface area contributed by atoms with E-state index in [9.17, 15) is 4.57 Å². The minimum atomic E-state index is -3.58. The van der Waals surface area contributed by atoms with E-state index in [-0.39, 0.29) is 0 Å². The van der Waals surface area contributed by atoms with Crippen LogP contribution >= 0.6 is 31.0 Å². The Hall–Kier alpha value is 0.690. The Labute approximate surface area is 81.7 Å². The number of phosphoric ester groups is 1. The molecule has 0 rings (SSSR count). The highest BCUT2D eigenvalue weighted by Gasteiger charge is 2.28. The number of rotatable bonds is 5. The normalized spacial score (nSPS) is 21.4. The summed E-state index contributed by atoms with van der Waals surface area (Å²) in [5, 5.41) is 0. The highest BCUT2D eigenvalue weighted by molar-refractivity contribution is 7.48. The Morgan fingerprint density at radius 3 is 1.67 bits per heavy atom. The van der Waals surface area contributed by atoms with Gasteiger partial charge in [-0.2, -0.15) is 0 Å². The Morgan fingerprint density at radius 2 is 1.50 bits per heavy atom. The molecule has 4 nitrogen and oxygen atoms in total. The summed E-state index contributed by atoms with van der Waals surface area (Å²) in [5.41, 5.74) is -1.52. The van der Waals surface area contributed by atoms with Crippen LogP contribution in [0.4, 0.5) is 0 Å². The fraction of sp³-hybridized carbons (Fsp3) is 1.00. The van der Waals surface area contributed by atoms with Gasteiger partial charge in [0.1, 0.15) is 11.1 Å². The van der Waals surface area contributed by atoms with Gasteiger partial charge >= 0.3 is 7.82 Å². The molecule has 0 spiro atoms. The minimum absolute atomic E-state index is 0.758. The van der Waals surface area contributed by atoms with Gasteiger partial charge in [0, 0.05) is 7.11 Å². The maximum Gasteiger partial charge on any atom is 0.477 e.